The lowest BCUT2D eigenvalue weighted by atomic mass is 10.0. The number of anilines is 2. The summed E-state index contributed by atoms with van der Waals surface area (Å²) >= 11 is 12.9. The van der Waals surface area contributed by atoms with Gasteiger partial charge in [-0.15, -0.1) is 0 Å². The molecule has 2 N–H and O–H groups in total. The summed E-state index contributed by atoms with van der Waals surface area (Å²) in [5, 5.41) is 7.01. The predicted octanol–water partition coefficient (Wildman–Crippen LogP) is 7.56. The fraction of sp³-hybridized carbons (Fsp3) is 0.188. The third-order valence-corrected chi connectivity index (χ3v) is 7.09. The number of rotatable bonds is 7. The molecule has 0 aliphatic carbocycles. The van der Waals surface area contributed by atoms with Crippen molar-refractivity contribution < 1.29 is 9.59 Å². The lowest BCUT2D eigenvalue weighted by Gasteiger charge is -2.24. The summed E-state index contributed by atoms with van der Waals surface area (Å²) in [5.74, 6) is -0.440. The van der Waals surface area contributed by atoms with Gasteiger partial charge in [0, 0.05) is 34.6 Å². The monoisotopic (exact) mass is 576 g/mol. The maximum Gasteiger partial charge on any atom is 0.255 e. The van der Waals surface area contributed by atoms with Crippen LogP contribution in [0.5, 0.6) is 0 Å². The molecular formula is C32H34Cl2N4O2+2. The number of nitrogens with zero attached hydrogens (tertiary/aromatic N) is 2. The zero-order valence-corrected chi connectivity index (χ0v) is 25.1. The van der Waals surface area contributed by atoms with E-state index in [1.54, 1.807) is 36.4 Å². The van der Waals surface area contributed by atoms with E-state index in [1.165, 1.54) is 0 Å². The Labute approximate surface area is 245 Å². The van der Waals surface area contributed by atoms with Crippen molar-refractivity contribution in [1.82, 2.24) is 8.97 Å². The van der Waals surface area contributed by atoms with Gasteiger partial charge in [0.2, 0.25) is 0 Å². The minimum absolute atomic E-state index is 0.220. The average Bonchev–Trinajstić information content (AvgIpc) is 2.87. The van der Waals surface area contributed by atoms with Gasteiger partial charge in [0.05, 0.1) is 42.3 Å². The molecule has 2 amide bonds. The highest BCUT2D eigenvalue weighted by atomic mass is 35.5. The Morgan fingerprint density at radius 3 is 1.12 bits per heavy atom. The summed E-state index contributed by atoms with van der Waals surface area (Å²) in [7, 11) is 12.2. The van der Waals surface area contributed by atoms with Crippen molar-refractivity contribution in [3.63, 3.8) is 0 Å². The Kier molecular flexibility index (Phi) is 8.38. The van der Waals surface area contributed by atoms with Gasteiger partial charge in [-0.1, -0.05) is 47.5 Å². The van der Waals surface area contributed by atoms with Crippen LogP contribution in [-0.2, 0) is 0 Å². The van der Waals surface area contributed by atoms with Crippen LogP contribution in [0.2, 0.25) is 10.0 Å². The number of carbonyl (C=O) groups excluding carboxylic acids is 2. The fourth-order valence-corrected chi connectivity index (χ4v) is 5.16. The normalized spacial score (nSPS) is 11.7. The second-order valence-electron chi connectivity index (χ2n) is 11.4. The van der Waals surface area contributed by atoms with Crippen LogP contribution < -0.4 is 19.6 Å². The molecule has 40 heavy (non-hydrogen) atoms. The Balaban J connectivity index is 1.40. The number of carbonyl (C=O) groups is 2. The largest absolute Gasteiger partial charge is 0.322 e. The quantitative estimate of drug-likeness (QED) is 0.223. The van der Waals surface area contributed by atoms with Crippen LogP contribution >= 0.6 is 23.2 Å². The van der Waals surface area contributed by atoms with Crippen molar-refractivity contribution in [1.29, 1.82) is 0 Å². The molecule has 0 aromatic heterocycles. The van der Waals surface area contributed by atoms with E-state index in [-0.39, 0.29) is 11.8 Å². The lowest BCUT2D eigenvalue weighted by molar-refractivity contribution is 0.101. The lowest BCUT2D eigenvalue weighted by Crippen LogP contribution is -2.35. The van der Waals surface area contributed by atoms with Gasteiger partial charge in [-0.05, 0) is 59.7 Å². The third-order valence-electron chi connectivity index (χ3n) is 6.48. The Morgan fingerprint density at radius 1 is 0.525 bits per heavy atom. The first-order chi connectivity index (χ1) is 18.7. The van der Waals surface area contributed by atoms with Crippen molar-refractivity contribution >= 4 is 57.8 Å². The molecule has 4 rings (SSSR count). The van der Waals surface area contributed by atoms with E-state index < -0.39 is 0 Å². The first-order valence-corrected chi connectivity index (χ1v) is 13.5. The van der Waals surface area contributed by atoms with Gasteiger partial charge < -0.3 is 10.6 Å². The molecule has 6 nitrogen and oxygen atoms in total. The van der Waals surface area contributed by atoms with E-state index in [0.29, 0.717) is 41.5 Å². The van der Waals surface area contributed by atoms with E-state index in [1.807, 2.05) is 90.8 Å². The topological polar surface area (TPSA) is 58.2 Å². The van der Waals surface area contributed by atoms with Crippen molar-refractivity contribution in [2.24, 2.45) is 0 Å². The molecule has 0 atom stereocenters. The number of halogens is 2. The van der Waals surface area contributed by atoms with Gasteiger partial charge in [-0.25, -0.2) is 0 Å². The summed E-state index contributed by atoms with van der Waals surface area (Å²) in [5.41, 5.74) is 6.12. The molecule has 0 aliphatic rings. The number of benzene rings is 4. The minimum Gasteiger partial charge on any atom is -0.322 e. The van der Waals surface area contributed by atoms with Crippen molar-refractivity contribution in [2.75, 3.05) is 52.9 Å². The Bertz CT molecular complexity index is 1430. The van der Waals surface area contributed by atoms with Gasteiger partial charge in [-0.3, -0.25) is 18.6 Å². The third kappa shape index (κ3) is 6.90. The summed E-state index contributed by atoms with van der Waals surface area (Å²) in [6.45, 7) is 0. The summed E-state index contributed by atoms with van der Waals surface area (Å²) in [4.78, 5) is 25.6. The van der Waals surface area contributed by atoms with Crippen molar-refractivity contribution in [2.45, 2.75) is 0 Å². The molecule has 0 saturated carbocycles. The SMILES string of the molecule is C[N+](C)(C)c1ccc(NC(=O)c2ccc(-c3ccc(C(=O)Nc4ccc([N+](C)(C)C)c(Cl)c4)cc3)cc2)cc1Cl. The number of hydrogen-bond donors (Lipinski definition) is 2. The Morgan fingerprint density at radius 2 is 0.850 bits per heavy atom. The highest BCUT2D eigenvalue weighted by Crippen LogP contribution is 2.32. The molecule has 0 saturated heterocycles. The molecule has 0 aliphatic heterocycles. The maximum absolute atomic E-state index is 12.8. The first-order valence-electron chi connectivity index (χ1n) is 12.8. The van der Waals surface area contributed by atoms with Crippen LogP contribution in [-0.4, -0.2) is 54.1 Å². The molecule has 4 aromatic rings. The van der Waals surface area contributed by atoms with Gasteiger partial charge in [0.1, 0.15) is 10.0 Å². The van der Waals surface area contributed by atoms with E-state index >= 15 is 0 Å². The number of quaternary nitrogens is 2. The summed E-state index contributed by atoms with van der Waals surface area (Å²) in [6, 6.07) is 25.7. The highest BCUT2D eigenvalue weighted by Gasteiger charge is 2.19. The van der Waals surface area contributed by atoms with E-state index in [2.05, 4.69) is 10.6 Å². The van der Waals surface area contributed by atoms with Crippen LogP contribution in [0, 0.1) is 0 Å². The number of amides is 2. The second-order valence-corrected chi connectivity index (χ2v) is 12.2. The molecule has 0 spiro atoms. The standard InChI is InChI=1S/C32H32Cl2N4O2/c1-37(2,3)29-17-15-25(19-27(29)33)35-31(39)23-11-7-21(8-12-23)22-9-13-24(14-10-22)32(40)36-26-16-18-30(28(34)20-26)38(4,5)6/h7-20H,1-6H3/p+2. The summed E-state index contributed by atoms with van der Waals surface area (Å²) in [6.07, 6.45) is 0. The van der Waals surface area contributed by atoms with E-state index in [9.17, 15) is 9.59 Å². The number of hydrogen-bond acceptors (Lipinski definition) is 2. The maximum atomic E-state index is 12.8. The van der Waals surface area contributed by atoms with Gasteiger partial charge in [0.25, 0.3) is 11.8 Å². The zero-order chi connectivity index (χ0) is 29.2. The fourth-order valence-electron chi connectivity index (χ4n) is 4.29. The van der Waals surface area contributed by atoms with E-state index in [4.69, 9.17) is 23.2 Å². The molecule has 0 radical (unpaired) electrons. The van der Waals surface area contributed by atoms with Gasteiger partial charge >= 0.3 is 0 Å². The first kappa shape index (κ1) is 29.3. The molecule has 206 valence electrons. The molecule has 0 fully saturated rings. The highest BCUT2D eigenvalue weighted by molar-refractivity contribution is 6.34. The predicted molar refractivity (Wildman–Crippen MR) is 170 cm³/mol. The van der Waals surface area contributed by atoms with Crippen LogP contribution in [0.25, 0.3) is 11.1 Å². The minimum atomic E-state index is -0.220. The van der Waals surface area contributed by atoms with Crippen molar-refractivity contribution in [3.8, 4) is 11.1 Å². The van der Waals surface area contributed by atoms with Crippen molar-refractivity contribution in [3.05, 3.63) is 106 Å². The van der Waals surface area contributed by atoms with Crippen LogP contribution in [0.4, 0.5) is 22.7 Å². The Hall–Kier alpha value is -3.68. The van der Waals surface area contributed by atoms with E-state index in [0.717, 1.165) is 22.5 Å². The molecular weight excluding hydrogens is 543 g/mol. The molecule has 0 bridgehead atoms. The smallest absolute Gasteiger partial charge is 0.255 e. The summed E-state index contributed by atoms with van der Waals surface area (Å²) < 4.78 is 1.17. The van der Waals surface area contributed by atoms with Crippen LogP contribution in [0.3, 0.4) is 0 Å². The molecule has 8 heteroatoms. The molecule has 0 unspecified atom stereocenters. The molecule has 0 heterocycles. The average molecular weight is 578 g/mol. The molecule has 4 aromatic carbocycles. The number of nitrogens with one attached hydrogen (secondary N) is 2. The zero-order valence-electron chi connectivity index (χ0n) is 23.5. The van der Waals surface area contributed by atoms with Gasteiger partial charge in [0.15, 0.2) is 11.4 Å². The second kappa shape index (κ2) is 11.4. The van der Waals surface area contributed by atoms with Crippen LogP contribution in [0.15, 0.2) is 84.9 Å². The van der Waals surface area contributed by atoms with Gasteiger partial charge in [-0.2, -0.15) is 0 Å². The van der Waals surface area contributed by atoms with Crippen LogP contribution in [0.1, 0.15) is 20.7 Å².